The monoisotopic (exact) mass is 170 g/mol. The number of carboxylic acid groups (broad SMARTS) is 1. The summed E-state index contributed by atoms with van der Waals surface area (Å²) in [5, 5.41) is 8.90. The summed E-state index contributed by atoms with van der Waals surface area (Å²) in [7, 11) is 0. The van der Waals surface area contributed by atoms with Crippen LogP contribution in [0.25, 0.3) is 0 Å². The predicted octanol–water partition coefficient (Wildman–Crippen LogP) is 2.53. The number of hydrogen-bond donors (Lipinski definition) is 1. The molecule has 0 heterocycles. The number of rotatable bonds is 5. The van der Waals surface area contributed by atoms with Crippen molar-refractivity contribution in [2.24, 2.45) is 17.8 Å². The van der Waals surface area contributed by atoms with Crippen molar-refractivity contribution in [3.8, 4) is 0 Å². The molecule has 0 aromatic heterocycles. The predicted molar refractivity (Wildman–Crippen MR) is 47.9 cm³/mol. The van der Waals surface area contributed by atoms with Crippen LogP contribution in [0.2, 0.25) is 0 Å². The topological polar surface area (TPSA) is 37.3 Å². The van der Waals surface area contributed by atoms with Crippen molar-refractivity contribution in [3.63, 3.8) is 0 Å². The zero-order chi connectivity index (χ0) is 9.14. The van der Waals surface area contributed by atoms with Gasteiger partial charge < -0.3 is 5.11 Å². The van der Waals surface area contributed by atoms with Gasteiger partial charge in [-0.3, -0.25) is 4.79 Å². The fourth-order valence-electron chi connectivity index (χ4n) is 1.62. The lowest BCUT2D eigenvalue weighted by molar-refractivity contribution is -0.142. The van der Waals surface area contributed by atoms with Crippen LogP contribution in [-0.2, 0) is 4.79 Å². The number of hydrogen-bond acceptors (Lipinski definition) is 1. The maximum Gasteiger partial charge on any atom is 0.306 e. The highest BCUT2D eigenvalue weighted by atomic mass is 16.4. The molecule has 0 saturated heterocycles. The van der Waals surface area contributed by atoms with Crippen molar-refractivity contribution >= 4 is 5.97 Å². The minimum absolute atomic E-state index is 0.0856. The summed E-state index contributed by atoms with van der Waals surface area (Å²) in [6.07, 6.45) is 4.25. The molecule has 0 aromatic rings. The van der Waals surface area contributed by atoms with E-state index in [2.05, 4.69) is 13.8 Å². The molecule has 1 unspecified atom stereocenters. The zero-order valence-corrected chi connectivity index (χ0v) is 7.92. The molecule has 12 heavy (non-hydrogen) atoms. The van der Waals surface area contributed by atoms with Gasteiger partial charge in [0.2, 0.25) is 0 Å². The highest BCUT2D eigenvalue weighted by Crippen LogP contribution is 2.36. The lowest BCUT2D eigenvalue weighted by Crippen LogP contribution is -2.16. The Morgan fingerprint density at radius 2 is 2.08 bits per heavy atom. The molecule has 0 aliphatic heterocycles. The minimum atomic E-state index is -0.601. The Kier molecular flexibility index (Phi) is 3.12. The molecule has 1 atom stereocenters. The van der Waals surface area contributed by atoms with E-state index in [9.17, 15) is 4.79 Å². The minimum Gasteiger partial charge on any atom is -0.481 e. The van der Waals surface area contributed by atoms with E-state index in [-0.39, 0.29) is 5.92 Å². The Hall–Kier alpha value is -0.530. The highest BCUT2D eigenvalue weighted by molar-refractivity contribution is 5.69. The van der Waals surface area contributed by atoms with Crippen LogP contribution in [0.4, 0.5) is 0 Å². The smallest absolute Gasteiger partial charge is 0.306 e. The second kappa shape index (κ2) is 3.92. The van der Waals surface area contributed by atoms with Crippen LogP contribution in [0, 0.1) is 17.8 Å². The summed E-state index contributed by atoms with van der Waals surface area (Å²) >= 11 is 0. The Bertz CT molecular complexity index is 155. The largest absolute Gasteiger partial charge is 0.481 e. The van der Waals surface area contributed by atoms with Crippen molar-refractivity contribution in [2.45, 2.75) is 39.5 Å². The maximum absolute atomic E-state index is 10.8. The molecule has 0 bridgehead atoms. The van der Waals surface area contributed by atoms with Crippen LogP contribution in [0.1, 0.15) is 39.5 Å². The first-order valence-electron chi connectivity index (χ1n) is 4.82. The summed E-state index contributed by atoms with van der Waals surface area (Å²) in [5.41, 5.74) is 0. The van der Waals surface area contributed by atoms with E-state index in [1.54, 1.807) is 0 Å². The summed E-state index contributed by atoms with van der Waals surface area (Å²) in [6, 6.07) is 0. The SMILES string of the molecule is CC(C)CC(CC1CC1)C(=O)O. The normalized spacial score (nSPS) is 19.6. The zero-order valence-electron chi connectivity index (χ0n) is 7.92. The van der Waals surface area contributed by atoms with Crippen LogP contribution >= 0.6 is 0 Å². The van der Waals surface area contributed by atoms with Gasteiger partial charge in [-0.25, -0.2) is 0 Å². The molecular weight excluding hydrogens is 152 g/mol. The van der Waals surface area contributed by atoms with E-state index in [4.69, 9.17) is 5.11 Å². The fourth-order valence-corrected chi connectivity index (χ4v) is 1.62. The first kappa shape index (κ1) is 9.56. The average Bonchev–Trinajstić information content (AvgIpc) is 2.68. The first-order chi connectivity index (χ1) is 5.59. The molecule has 1 aliphatic rings. The molecule has 1 N–H and O–H groups in total. The molecule has 0 aromatic carbocycles. The van der Waals surface area contributed by atoms with Crippen molar-refractivity contribution in [2.75, 3.05) is 0 Å². The molecule has 2 heteroatoms. The van der Waals surface area contributed by atoms with E-state index in [0.29, 0.717) is 5.92 Å². The van der Waals surface area contributed by atoms with Gasteiger partial charge in [-0.15, -0.1) is 0 Å². The fraction of sp³-hybridized carbons (Fsp3) is 0.900. The summed E-state index contributed by atoms with van der Waals surface area (Å²) in [5.74, 6) is 0.544. The van der Waals surface area contributed by atoms with E-state index in [1.807, 2.05) is 0 Å². The Morgan fingerprint density at radius 1 is 1.50 bits per heavy atom. The average molecular weight is 170 g/mol. The van der Waals surface area contributed by atoms with Crippen LogP contribution in [0.3, 0.4) is 0 Å². The molecule has 1 saturated carbocycles. The molecule has 1 aliphatic carbocycles. The van der Waals surface area contributed by atoms with Crippen molar-refractivity contribution in [1.29, 1.82) is 0 Å². The second-order valence-corrected chi connectivity index (χ2v) is 4.34. The van der Waals surface area contributed by atoms with Crippen LogP contribution < -0.4 is 0 Å². The third-order valence-corrected chi connectivity index (χ3v) is 2.42. The van der Waals surface area contributed by atoms with Crippen molar-refractivity contribution in [1.82, 2.24) is 0 Å². The molecule has 70 valence electrons. The van der Waals surface area contributed by atoms with Gasteiger partial charge in [-0.05, 0) is 24.7 Å². The van der Waals surface area contributed by atoms with Gasteiger partial charge >= 0.3 is 5.97 Å². The number of aliphatic carboxylic acids is 1. The first-order valence-corrected chi connectivity index (χ1v) is 4.82. The standard InChI is InChI=1S/C10H18O2/c1-7(2)5-9(10(11)12)6-8-3-4-8/h7-9H,3-6H2,1-2H3,(H,11,12). The molecule has 0 amide bonds. The van der Waals surface area contributed by atoms with Crippen molar-refractivity contribution in [3.05, 3.63) is 0 Å². The summed E-state index contributed by atoms with van der Waals surface area (Å²) < 4.78 is 0. The third kappa shape index (κ3) is 3.24. The molecule has 0 radical (unpaired) electrons. The third-order valence-electron chi connectivity index (χ3n) is 2.42. The lowest BCUT2D eigenvalue weighted by Gasteiger charge is -2.13. The lowest BCUT2D eigenvalue weighted by atomic mass is 9.92. The Morgan fingerprint density at radius 3 is 2.42 bits per heavy atom. The van der Waals surface area contributed by atoms with Crippen molar-refractivity contribution < 1.29 is 9.90 Å². The van der Waals surface area contributed by atoms with E-state index in [0.717, 1.165) is 18.8 Å². The Labute approximate surface area is 74.0 Å². The molecular formula is C10H18O2. The van der Waals surface area contributed by atoms with Gasteiger partial charge in [-0.2, -0.15) is 0 Å². The molecule has 2 nitrogen and oxygen atoms in total. The van der Waals surface area contributed by atoms with Gasteiger partial charge in [0, 0.05) is 0 Å². The Balaban J connectivity index is 2.31. The van der Waals surface area contributed by atoms with Gasteiger partial charge in [0.1, 0.15) is 0 Å². The second-order valence-electron chi connectivity index (χ2n) is 4.34. The number of carboxylic acids is 1. The highest BCUT2D eigenvalue weighted by Gasteiger charge is 2.29. The van der Waals surface area contributed by atoms with E-state index in [1.165, 1.54) is 12.8 Å². The van der Waals surface area contributed by atoms with Crippen LogP contribution in [0.5, 0.6) is 0 Å². The van der Waals surface area contributed by atoms with E-state index >= 15 is 0 Å². The van der Waals surface area contributed by atoms with Gasteiger partial charge in [0.05, 0.1) is 5.92 Å². The summed E-state index contributed by atoms with van der Waals surface area (Å²) in [6.45, 7) is 4.17. The van der Waals surface area contributed by atoms with Gasteiger partial charge in [-0.1, -0.05) is 26.7 Å². The quantitative estimate of drug-likeness (QED) is 0.688. The van der Waals surface area contributed by atoms with E-state index < -0.39 is 5.97 Å². The maximum atomic E-state index is 10.8. The van der Waals surface area contributed by atoms with Crippen LogP contribution in [0.15, 0.2) is 0 Å². The van der Waals surface area contributed by atoms with Gasteiger partial charge in [0.15, 0.2) is 0 Å². The van der Waals surface area contributed by atoms with Gasteiger partial charge in [0.25, 0.3) is 0 Å². The number of carbonyl (C=O) groups is 1. The molecule has 1 fully saturated rings. The van der Waals surface area contributed by atoms with Crippen LogP contribution in [-0.4, -0.2) is 11.1 Å². The molecule has 0 spiro atoms. The summed E-state index contributed by atoms with van der Waals surface area (Å²) in [4.78, 5) is 10.8. The molecule has 1 rings (SSSR count).